The standard InChI is InChI=1S/C12H17N3O3S/c1-8(16)12-14-10-7-9(13)3-4-11(10)15(12)5-6-19(2,17)18/h3-4,7-8,16H,5-6,13H2,1-2H3. The number of rotatable bonds is 4. The number of nitrogens with zero attached hydrogens (tertiary/aromatic N) is 2. The Morgan fingerprint density at radius 3 is 2.74 bits per heavy atom. The van der Waals surface area contributed by atoms with Crippen molar-refractivity contribution in [1.29, 1.82) is 0 Å². The largest absolute Gasteiger partial charge is 0.399 e. The van der Waals surface area contributed by atoms with E-state index in [1.54, 1.807) is 29.7 Å². The third-order valence-electron chi connectivity index (χ3n) is 2.86. The van der Waals surface area contributed by atoms with Crippen LogP contribution in [0.5, 0.6) is 0 Å². The number of benzene rings is 1. The lowest BCUT2D eigenvalue weighted by atomic mass is 10.3. The van der Waals surface area contributed by atoms with Gasteiger partial charge in [0.2, 0.25) is 0 Å². The van der Waals surface area contributed by atoms with E-state index >= 15 is 0 Å². The number of hydrogen-bond donors (Lipinski definition) is 2. The van der Waals surface area contributed by atoms with Gasteiger partial charge in [-0.15, -0.1) is 0 Å². The van der Waals surface area contributed by atoms with Crippen LogP contribution in [0.1, 0.15) is 18.9 Å². The molecular weight excluding hydrogens is 266 g/mol. The second-order valence-electron chi connectivity index (χ2n) is 4.68. The summed E-state index contributed by atoms with van der Waals surface area (Å²) in [6.45, 7) is 1.86. The maximum atomic E-state index is 11.3. The van der Waals surface area contributed by atoms with E-state index in [0.717, 1.165) is 5.52 Å². The molecule has 2 aromatic rings. The minimum atomic E-state index is -3.07. The molecule has 0 aliphatic carbocycles. The number of anilines is 1. The summed E-state index contributed by atoms with van der Waals surface area (Å²) >= 11 is 0. The van der Waals surface area contributed by atoms with Crippen LogP contribution in [0.15, 0.2) is 18.2 Å². The van der Waals surface area contributed by atoms with E-state index in [0.29, 0.717) is 17.0 Å². The molecule has 1 unspecified atom stereocenters. The average Bonchev–Trinajstić information content (AvgIpc) is 2.63. The molecule has 0 bridgehead atoms. The molecule has 0 amide bonds. The molecule has 2 rings (SSSR count). The highest BCUT2D eigenvalue weighted by Gasteiger charge is 2.16. The third kappa shape index (κ3) is 3.05. The molecule has 0 aliphatic rings. The van der Waals surface area contributed by atoms with Gasteiger partial charge in [0.05, 0.1) is 16.8 Å². The topological polar surface area (TPSA) is 98.2 Å². The van der Waals surface area contributed by atoms with Gasteiger partial charge >= 0.3 is 0 Å². The highest BCUT2D eigenvalue weighted by molar-refractivity contribution is 7.90. The molecule has 6 nitrogen and oxygen atoms in total. The second-order valence-corrected chi connectivity index (χ2v) is 6.94. The van der Waals surface area contributed by atoms with Crippen LogP contribution in [0.25, 0.3) is 11.0 Å². The number of aliphatic hydroxyl groups excluding tert-OH is 1. The fourth-order valence-electron chi connectivity index (χ4n) is 1.98. The zero-order valence-electron chi connectivity index (χ0n) is 10.9. The normalized spacial score (nSPS) is 13.8. The summed E-state index contributed by atoms with van der Waals surface area (Å²) in [5, 5.41) is 9.74. The molecular formula is C12H17N3O3S. The van der Waals surface area contributed by atoms with Crippen molar-refractivity contribution in [1.82, 2.24) is 9.55 Å². The summed E-state index contributed by atoms with van der Waals surface area (Å²) in [6, 6.07) is 5.22. The van der Waals surface area contributed by atoms with Gasteiger partial charge < -0.3 is 15.4 Å². The Hall–Kier alpha value is -1.60. The summed E-state index contributed by atoms with van der Waals surface area (Å²) in [4.78, 5) is 4.31. The number of sulfone groups is 1. The molecule has 1 atom stereocenters. The molecule has 1 heterocycles. The van der Waals surface area contributed by atoms with E-state index in [4.69, 9.17) is 5.73 Å². The number of fused-ring (bicyclic) bond motifs is 1. The van der Waals surface area contributed by atoms with E-state index in [1.807, 2.05) is 0 Å². The van der Waals surface area contributed by atoms with Gasteiger partial charge in [0, 0.05) is 18.5 Å². The second kappa shape index (κ2) is 4.82. The Labute approximate surface area is 111 Å². The average molecular weight is 283 g/mol. The molecule has 0 radical (unpaired) electrons. The predicted molar refractivity (Wildman–Crippen MR) is 74.5 cm³/mol. The molecule has 0 spiro atoms. The van der Waals surface area contributed by atoms with Gasteiger partial charge in [0.25, 0.3) is 0 Å². The minimum Gasteiger partial charge on any atom is -0.399 e. The van der Waals surface area contributed by atoms with Crippen molar-refractivity contribution in [3.8, 4) is 0 Å². The Morgan fingerprint density at radius 1 is 1.47 bits per heavy atom. The highest BCUT2D eigenvalue weighted by Crippen LogP contribution is 2.22. The number of aryl methyl sites for hydroxylation is 1. The van der Waals surface area contributed by atoms with Gasteiger partial charge in [-0.2, -0.15) is 0 Å². The molecule has 0 aliphatic heterocycles. The van der Waals surface area contributed by atoms with Crippen LogP contribution >= 0.6 is 0 Å². The van der Waals surface area contributed by atoms with E-state index in [9.17, 15) is 13.5 Å². The Kier molecular flexibility index (Phi) is 3.51. The lowest BCUT2D eigenvalue weighted by molar-refractivity contribution is 0.185. The summed E-state index contributed by atoms with van der Waals surface area (Å²) < 4.78 is 24.3. The summed E-state index contributed by atoms with van der Waals surface area (Å²) in [6.07, 6.45) is 0.416. The van der Waals surface area contributed by atoms with E-state index in [-0.39, 0.29) is 12.3 Å². The zero-order valence-corrected chi connectivity index (χ0v) is 11.7. The lowest BCUT2D eigenvalue weighted by Crippen LogP contribution is -2.14. The van der Waals surface area contributed by atoms with Crippen molar-refractivity contribution in [3.63, 3.8) is 0 Å². The van der Waals surface area contributed by atoms with Gasteiger partial charge in [0.15, 0.2) is 0 Å². The number of aliphatic hydroxyl groups is 1. The van der Waals surface area contributed by atoms with Crippen LogP contribution in [0.4, 0.5) is 5.69 Å². The number of nitrogen functional groups attached to an aromatic ring is 1. The van der Waals surface area contributed by atoms with Crippen molar-refractivity contribution in [3.05, 3.63) is 24.0 Å². The molecule has 1 aromatic heterocycles. The lowest BCUT2D eigenvalue weighted by Gasteiger charge is -2.10. The summed E-state index contributed by atoms with van der Waals surface area (Å²) in [5.74, 6) is 0.451. The molecule has 0 saturated carbocycles. The van der Waals surface area contributed by atoms with E-state index < -0.39 is 15.9 Å². The quantitative estimate of drug-likeness (QED) is 0.805. The van der Waals surface area contributed by atoms with Crippen LogP contribution in [0, 0.1) is 0 Å². The minimum absolute atomic E-state index is 0.00254. The summed E-state index contributed by atoms with van der Waals surface area (Å²) in [5.41, 5.74) is 7.70. The maximum absolute atomic E-state index is 11.3. The van der Waals surface area contributed by atoms with Gasteiger partial charge in [-0.05, 0) is 25.1 Å². The van der Waals surface area contributed by atoms with Crippen LogP contribution in [0.3, 0.4) is 0 Å². The van der Waals surface area contributed by atoms with Crippen LogP contribution in [-0.2, 0) is 16.4 Å². The first-order valence-corrected chi connectivity index (χ1v) is 7.95. The van der Waals surface area contributed by atoms with Crippen molar-refractivity contribution in [2.75, 3.05) is 17.7 Å². The molecule has 19 heavy (non-hydrogen) atoms. The van der Waals surface area contributed by atoms with E-state index in [2.05, 4.69) is 4.98 Å². The Balaban J connectivity index is 2.52. The number of aromatic nitrogens is 2. The Morgan fingerprint density at radius 2 is 2.16 bits per heavy atom. The van der Waals surface area contributed by atoms with Gasteiger partial charge in [0.1, 0.15) is 21.8 Å². The summed E-state index contributed by atoms with van der Waals surface area (Å²) in [7, 11) is -3.07. The highest BCUT2D eigenvalue weighted by atomic mass is 32.2. The molecule has 1 aromatic carbocycles. The zero-order chi connectivity index (χ0) is 14.2. The fourth-order valence-corrected chi connectivity index (χ4v) is 2.49. The molecule has 0 saturated heterocycles. The van der Waals surface area contributed by atoms with Crippen molar-refractivity contribution >= 4 is 26.6 Å². The van der Waals surface area contributed by atoms with Crippen molar-refractivity contribution < 1.29 is 13.5 Å². The predicted octanol–water partition coefficient (Wildman–Crippen LogP) is 0.716. The number of nitrogens with two attached hydrogens (primary N) is 1. The molecule has 0 fully saturated rings. The number of imidazole rings is 1. The van der Waals surface area contributed by atoms with E-state index in [1.165, 1.54) is 6.26 Å². The first-order valence-electron chi connectivity index (χ1n) is 5.89. The molecule has 7 heteroatoms. The first-order chi connectivity index (χ1) is 8.78. The van der Waals surface area contributed by atoms with Crippen LogP contribution in [-0.4, -0.2) is 35.1 Å². The Bertz CT molecular complexity index is 704. The third-order valence-corrected chi connectivity index (χ3v) is 3.79. The van der Waals surface area contributed by atoms with Gasteiger partial charge in [-0.3, -0.25) is 0 Å². The van der Waals surface area contributed by atoms with Crippen LogP contribution < -0.4 is 5.73 Å². The smallest absolute Gasteiger partial charge is 0.149 e. The number of hydrogen-bond acceptors (Lipinski definition) is 5. The SMILES string of the molecule is CC(O)c1nc2cc(N)ccc2n1CCS(C)(=O)=O. The first kappa shape index (κ1) is 13.8. The monoisotopic (exact) mass is 283 g/mol. The van der Waals surface area contributed by atoms with Gasteiger partial charge in [-0.1, -0.05) is 0 Å². The molecule has 104 valence electrons. The van der Waals surface area contributed by atoms with Crippen molar-refractivity contribution in [2.24, 2.45) is 0 Å². The fraction of sp³-hybridized carbons (Fsp3) is 0.417. The maximum Gasteiger partial charge on any atom is 0.149 e. The van der Waals surface area contributed by atoms with Crippen LogP contribution in [0.2, 0.25) is 0 Å². The molecule has 3 N–H and O–H groups in total. The van der Waals surface area contributed by atoms with Crippen molar-refractivity contribution in [2.45, 2.75) is 19.6 Å². The van der Waals surface area contributed by atoms with Gasteiger partial charge in [-0.25, -0.2) is 13.4 Å².